The molecule has 3 nitrogen and oxygen atoms in total. The average molecular weight is 241 g/mol. The molecule has 1 aromatic rings. The van der Waals surface area contributed by atoms with Crippen LogP contribution in [0.25, 0.3) is 0 Å². The van der Waals surface area contributed by atoms with Crippen molar-refractivity contribution < 1.29 is 0 Å². The summed E-state index contributed by atoms with van der Waals surface area (Å²) < 4.78 is 4.00. The molecule has 0 aromatic carbocycles. The zero-order chi connectivity index (χ0) is 11.8. The fourth-order valence-corrected chi connectivity index (χ4v) is 2.70. The van der Waals surface area contributed by atoms with Gasteiger partial charge in [-0.2, -0.15) is 0 Å². The van der Waals surface area contributed by atoms with Crippen LogP contribution in [0.2, 0.25) is 0 Å². The first-order chi connectivity index (χ1) is 7.79. The Balaban J connectivity index is 2.30. The van der Waals surface area contributed by atoms with Crippen LogP contribution < -0.4 is 5.32 Å². The van der Waals surface area contributed by atoms with Crippen molar-refractivity contribution in [3.8, 4) is 0 Å². The maximum Gasteiger partial charge on any atom is 0.0772 e. The summed E-state index contributed by atoms with van der Waals surface area (Å²) in [5.41, 5.74) is 1.08. The summed E-state index contributed by atoms with van der Waals surface area (Å²) in [5, 5.41) is 7.44. The lowest BCUT2D eigenvalue weighted by atomic mass is 10.0. The van der Waals surface area contributed by atoms with Crippen LogP contribution in [-0.4, -0.2) is 16.6 Å². The van der Waals surface area contributed by atoms with Gasteiger partial charge in [0.2, 0.25) is 0 Å². The van der Waals surface area contributed by atoms with Gasteiger partial charge in [-0.15, -0.1) is 5.10 Å². The summed E-state index contributed by atoms with van der Waals surface area (Å²) in [6.07, 6.45) is 7.89. The summed E-state index contributed by atoms with van der Waals surface area (Å²) in [4.78, 5) is 1.30. The summed E-state index contributed by atoms with van der Waals surface area (Å²) in [5.74, 6) is 0. The zero-order valence-electron chi connectivity index (χ0n) is 10.6. The molecule has 1 unspecified atom stereocenters. The molecule has 0 radical (unpaired) electrons. The Kier molecular flexibility index (Phi) is 6.57. The van der Waals surface area contributed by atoms with Crippen molar-refractivity contribution in [3.05, 3.63) is 10.6 Å². The first kappa shape index (κ1) is 13.6. The van der Waals surface area contributed by atoms with E-state index in [0.29, 0.717) is 6.04 Å². The number of nitrogens with one attached hydrogen (secondary N) is 1. The second-order valence-electron chi connectivity index (χ2n) is 4.27. The van der Waals surface area contributed by atoms with Gasteiger partial charge < -0.3 is 5.32 Å². The van der Waals surface area contributed by atoms with E-state index < -0.39 is 0 Å². The number of hydrogen-bond donors (Lipinski definition) is 1. The minimum Gasteiger partial charge on any atom is -0.312 e. The van der Waals surface area contributed by atoms with Gasteiger partial charge in [0.25, 0.3) is 0 Å². The molecule has 0 aliphatic rings. The van der Waals surface area contributed by atoms with Gasteiger partial charge in [0.1, 0.15) is 0 Å². The highest BCUT2D eigenvalue weighted by molar-refractivity contribution is 7.05. The van der Waals surface area contributed by atoms with Gasteiger partial charge in [-0.3, -0.25) is 0 Å². The van der Waals surface area contributed by atoms with E-state index in [2.05, 4.69) is 21.8 Å². The van der Waals surface area contributed by atoms with E-state index in [1.807, 2.05) is 14.0 Å². The van der Waals surface area contributed by atoms with E-state index in [1.54, 1.807) is 0 Å². The van der Waals surface area contributed by atoms with Crippen molar-refractivity contribution in [2.45, 2.75) is 58.4 Å². The first-order valence-corrected chi connectivity index (χ1v) is 7.03. The Morgan fingerprint density at radius 2 is 2.00 bits per heavy atom. The van der Waals surface area contributed by atoms with Gasteiger partial charge in [-0.1, -0.05) is 43.5 Å². The van der Waals surface area contributed by atoms with Crippen molar-refractivity contribution in [1.82, 2.24) is 14.9 Å². The molecule has 0 saturated heterocycles. The fraction of sp³-hybridized carbons (Fsp3) is 0.833. The molecule has 0 saturated carbocycles. The minimum atomic E-state index is 0.446. The lowest BCUT2D eigenvalue weighted by Crippen LogP contribution is -2.16. The molecule has 16 heavy (non-hydrogen) atoms. The van der Waals surface area contributed by atoms with E-state index in [-0.39, 0.29) is 0 Å². The number of unbranched alkanes of at least 4 members (excludes halogenated alkanes) is 4. The Morgan fingerprint density at radius 1 is 1.25 bits per heavy atom. The van der Waals surface area contributed by atoms with Crippen molar-refractivity contribution in [1.29, 1.82) is 0 Å². The highest BCUT2D eigenvalue weighted by Crippen LogP contribution is 2.24. The van der Waals surface area contributed by atoms with Gasteiger partial charge >= 0.3 is 0 Å². The summed E-state index contributed by atoms with van der Waals surface area (Å²) in [6, 6.07) is 0.446. The van der Waals surface area contributed by atoms with Gasteiger partial charge in [-0.25, -0.2) is 0 Å². The van der Waals surface area contributed by atoms with Crippen molar-refractivity contribution in [2.75, 3.05) is 7.05 Å². The molecule has 1 heterocycles. The van der Waals surface area contributed by atoms with Crippen LogP contribution in [0, 0.1) is 6.92 Å². The zero-order valence-corrected chi connectivity index (χ0v) is 11.4. The molecule has 1 N–H and O–H groups in total. The third-order valence-electron chi connectivity index (χ3n) is 2.95. The predicted molar refractivity (Wildman–Crippen MR) is 69.8 cm³/mol. The monoisotopic (exact) mass is 241 g/mol. The third kappa shape index (κ3) is 4.18. The lowest BCUT2D eigenvalue weighted by Gasteiger charge is -2.14. The molecule has 0 bridgehead atoms. The normalized spacial score (nSPS) is 12.9. The molecular weight excluding hydrogens is 218 g/mol. The van der Waals surface area contributed by atoms with Gasteiger partial charge in [0.05, 0.1) is 10.6 Å². The summed E-state index contributed by atoms with van der Waals surface area (Å²) in [6.45, 7) is 4.29. The van der Waals surface area contributed by atoms with Crippen molar-refractivity contribution >= 4 is 11.5 Å². The SMILES string of the molecule is CCCCCCCC(NC)c1snnc1C. The smallest absolute Gasteiger partial charge is 0.0772 e. The number of hydrogen-bond acceptors (Lipinski definition) is 4. The maximum absolute atomic E-state index is 4.07. The minimum absolute atomic E-state index is 0.446. The van der Waals surface area contributed by atoms with Gasteiger partial charge in [-0.05, 0) is 31.9 Å². The largest absolute Gasteiger partial charge is 0.312 e. The van der Waals surface area contributed by atoms with Gasteiger partial charge in [0.15, 0.2) is 0 Å². The van der Waals surface area contributed by atoms with Crippen LogP contribution in [0.4, 0.5) is 0 Å². The van der Waals surface area contributed by atoms with E-state index in [1.165, 1.54) is 54.9 Å². The standard InChI is InChI=1S/C12H23N3S/c1-4-5-6-7-8-9-11(13-3)12-10(2)14-15-16-12/h11,13H,4-9H2,1-3H3. The van der Waals surface area contributed by atoms with E-state index >= 15 is 0 Å². The van der Waals surface area contributed by atoms with E-state index in [0.717, 1.165) is 5.69 Å². The van der Waals surface area contributed by atoms with Crippen LogP contribution in [0.1, 0.15) is 62.1 Å². The molecular formula is C12H23N3S. The van der Waals surface area contributed by atoms with Crippen LogP contribution in [0.5, 0.6) is 0 Å². The topological polar surface area (TPSA) is 37.8 Å². The Bertz CT molecular complexity index is 286. The number of nitrogens with zero attached hydrogens (tertiary/aromatic N) is 2. The van der Waals surface area contributed by atoms with E-state index in [4.69, 9.17) is 0 Å². The Morgan fingerprint density at radius 3 is 2.56 bits per heavy atom. The number of aryl methyl sites for hydroxylation is 1. The molecule has 1 aromatic heterocycles. The molecule has 0 aliphatic carbocycles. The van der Waals surface area contributed by atoms with Crippen LogP contribution in [0.15, 0.2) is 0 Å². The third-order valence-corrected chi connectivity index (χ3v) is 3.89. The molecule has 0 aliphatic heterocycles. The van der Waals surface area contributed by atoms with Gasteiger partial charge in [0, 0.05) is 6.04 Å². The fourth-order valence-electron chi connectivity index (χ4n) is 1.92. The predicted octanol–water partition coefficient (Wildman–Crippen LogP) is 3.47. The molecule has 0 spiro atoms. The highest BCUT2D eigenvalue weighted by atomic mass is 32.1. The molecule has 1 atom stereocenters. The lowest BCUT2D eigenvalue weighted by molar-refractivity contribution is 0.504. The second-order valence-corrected chi connectivity index (χ2v) is 5.05. The van der Waals surface area contributed by atoms with Crippen molar-refractivity contribution in [2.24, 2.45) is 0 Å². The molecule has 1 rings (SSSR count). The number of aromatic nitrogens is 2. The number of rotatable bonds is 8. The van der Waals surface area contributed by atoms with E-state index in [9.17, 15) is 0 Å². The Labute approximate surface area is 103 Å². The average Bonchev–Trinajstić information content (AvgIpc) is 2.70. The molecule has 0 amide bonds. The van der Waals surface area contributed by atoms with Crippen LogP contribution in [-0.2, 0) is 0 Å². The van der Waals surface area contributed by atoms with Crippen LogP contribution in [0.3, 0.4) is 0 Å². The summed E-state index contributed by atoms with van der Waals surface area (Å²) in [7, 11) is 2.02. The first-order valence-electron chi connectivity index (χ1n) is 6.25. The molecule has 4 heteroatoms. The quantitative estimate of drug-likeness (QED) is 0.708. The maximum atomic E-state index is 4.07. The molecule has 0 fully saturated rings. The second kappa shape index (κ2) is 7.74. The van der Waals surface area contributed by atoms with Crippen LogP contribution >= 0.6 is 11.5 Å². The van der Waals surface area contributed by atoms with Crippen molar-refractivity contribution in [3.63, 3.8) is 0 Å². The molecule has 92 valence electrons. The Hall–Kier alpha value is -0.480. The highest BCUT2D eigenvalue weighted by Gasteiger charge is 2.14. The summed E-state index contributed by atoms with van der Waals surface area (Å²) >= 11 is 1.53.